The molecule has 0 spiro atoms. The molecule has 6 heteroatoms. The molecule has 1 aliphatic heterocycles. The van der Waals surface area contributed by atoms with E-state index >= 15 is 0 Å². The van der Waals surface area contributed by atoms with Crippen LogP contribution in [0.4, 0.5) is 5.82 Å². The van der Waals surface area contributed by atoms with Crippen molar-refractivity contribution in [2.75, 3.05) is 25.0 Å². The van der Waals surface area contributed by atoms with Crippen molar-refractivity contribution in [2.24, 2.45) is 0 Å². The van der Waals surface area contributed by atoms with Crippen LogP contribution in [-0.4, -0.2) is 47.6 Å². The summed E-state index contributed by atoms with van der Waals surface area (Å²) in [7, 11) is 0. The number of anilines is 1. The summed E-state index contributed by atoms with van der Waals surface area (Å²) >= 11 is 5.74. The monoisotopic (exact) mass is 283 g/mol. The molecule has 2 atom stereocenters. The number of carbonyl (C=O) groups is 1. The van der Waals surface area contributed by atoms with Gasteiger partial charge in [0.05, 0.1) is 23.8 Å². The lowest BCUT2D eigenvalue weighted by molar-refractivity contribution is -0.121. The molecule has 0 radical (unpaired) electrons. The van der Waals surface area contributed by atoms with Crippen LogP contribution in [-0.2, 0) is 9.53 Å². The third kappa shape index (κ3) is 4.45. The second-order valence-electron chi connectivity index (χ2n) is 4.86. The molecule has 1 saturated heterocycles. The highest BCUT2D eigenvalue weighted by atomic mass is 35.5. The number of pyridine rings is 1. The van der Waals surface area contributed by atoms with E-state index in [1.165, 1.54) is 6.20 Å². The summed E-state index contributed by atoms with van der Waals surface area (Å²) in [6.45, 7) is 5.92. The fourth-order valence-corrected chi connectivity index (χ4v) is 2.36. The van der Waals surface area contributed by atoms with Crippen molar-refractivity contribution in [1.29, 1.82) is 0 Å². The van der Waals surface area contributed by atoms with E-state index in [1.807, 2.05) is 13.8 Å². The van der Waals surface area contributed by atoms with Gasteiger partial charge in [-0.3, -0.25) is 9.69 Å². The zero-order chi connectivity index (χ0) is 13.8. The predicted molar refractivity (Wildman–Crippen MR) is 74.3 cm³/mol. The van der Waals surface area contributed by atoms with Crippen LogP contribution in [0, 0.1) is 0 Å². The Balaban J connectivity index is 1.85. The highest BCUT2D eigenvalue weighted by Crippen LogP contribution is 2.12. The Morgan fingerprint density at radius 3 is 2.74 bits per heavy atom. The third-order valence-electron chi connectivity index (χ3n) is 2.86. The van der Waals surface area contributed by atoms with Crippen LogP contribution in [0.1, 0.15) is 13.8 Å². The highest BCUT2D eigenvalue weighted by molar-refractivity contribution is 6.30. The molecule has 2 rings (SSSR count). The summed E-state index contributed by atoms with van der Waals surface area (Å²) in [5.41, 5.74) is 0. The second kappa shape index (κ2) is 6.32. The van der Waals surface area contributed by atoms with Gasteiger partial charge in [-0.15, -0.1) is 0 Å². The molecule has 19 heavy (non-hydrogen) atoms. The van der Waals surface area contributed by atoms with Crippen LogP contribution in [0.3, 0.4) is 0 Å². The number of hydrogen-bond donors (Lipinski definition) is 1. The quantitative estimate of drug-likeness (QED) is 0.919. The fourth-order valence-electron chi connectivity index (χ4n) is 2.25. The maximum absolute atomic E-state index is 11.9. The number of rotatable bonds is 3. The molecule has 2 heterocycles. The number of carbonyl (C=O) groups excluding carboxylic acids is 1. The SMILES string of the molecule is C[C@@H]1CN(CC(=O)Nc2ccc(Cl)cn2)C[C@H](C)O1. The van der Waals surface area contributed by atoms with Gasteiger partial charge in [0.2, 0.25) is 5.91 Å². The molecule has 0 unspecified atom stereocenters. The molecule has 5 nitrogen and oxygen atoms in total. The molecule has 0 aliphatic carbocycles. The molecule has 1 amide bonds. The Kier molecular flexibility index (Phi) is 4.74. The van der Waals surface area contributed by atoms with Gasteiger partial charge in [-0.1, -0.05) is 11.6 Å². The average Bonchev–Trinajstić information content (AvgIpc) is 2.30. The number of amides is 1. The summed E-state index contributed by atoms with van der Waals surface area (Å²) in [5.74, 6) is 0.444. The molecule has 1 N–H and O–H groups in total. The van der Waals surface area contributed by atoms with E-state index < -0.39 is 0 Å². The number of morpholine rings is 1. The van der Waals surface area contributed by atoms with Crippen LogP contribution in [0.5, 0.6) is 0 Å². The van der Waals surface area contributed by atoms with Crippen LogP contribution in [0.2, 0.25) is 5.02 Å². The predicted octanol–water partition coefficient (Wildman–Crippen LogP) is 1.78. The summed E-state index contributed by atoms with van der Waals surface area (Å²) in [5, 5.41) is 3.30. The van der Waals surface area contributed by atoms with Crippen molar-refractivity contribution >= 4 is 23.3 Å². The van der Waals surface area contributed by atoms with Gasteiger partial charge in [0, 0.05) is 19.3 Å². The van der Waals surface area contributed by atoms with Crippen molar-refractivity contribution in [3.63, 3.8) is 0 Å². The Morgan fingerprint density at radius 1 is 1.47 bits per heavy atom. The molecule has 1 aliphatic rings. The van der Waals surface area contributed by atoms with Crippen molar-refractivity contribution in [3.05, 3.63) is 23.4 Å². The minimum Gasteiger partial charge on any atom is -0.373 e. The van der Waals surface area contributed by atoms with Crippen molar-refractivity contribution in [3.8, 4) is 0 Å². The van der Waals surface area contributed by atoms with Gasteiger partial charge in [0.1, 0.15) is 5.82 Å². The van der Waals surface area contributed by atoms with Crippen molar-refractivity contribution in [1.82, 2.24) is 9.88 Å². The Bertz CT molecular complexity index is 428. The lowest BCUT2D eigenvalue weighted by Gasteiger charge is -2.34. The van der Waals surface area contributed by atoms with Crippen molar-refractivity contribution in [2.45, 2.75) is 26.1 Å². The first-order chi connectivity index (χ1) is 9.02. The van der Waals surface area contributed by atoms with Gasteiger partial charge < -0.3 is 10.1 Å². The van der Waals surface area contributed by atoms with E-state index in [-0.39, 0.29) is 18.1 Å². The Hall–Kier alpha value is -1.17. The molecular formula is C13H18ClN3O2. The van der Waals surface area contributed by atoms with Gasteiger partial charge in [-0.25, -0.2) is 4.98 Å². The minimum atomic E-state index is -0.0730. The Morgan fingerprint density at radius 2 is 2.16 bits per heavy atom. The summed E-state index contributed by atoms with van der Waals surface area (Å²) < 4.78 is 5.63. The van der Waals surface area contributed by atoms with Crippen molar-refractivity contribution < 1.29 is 9.53 Å². The smallest absolute Gasteiger partial charge is 0.239 e. The zero-order valence-electron chi connectivity index (χ0n) is 11.1. The lowest BCUT2D eigenvalue weighted by Crippen LogP contribution is -2.48. The van der Waals surface area contributed by atoms with Crippen LogP contribution in [0.25, 0.3) is 0 Å². The van der Waals surface area contributed by atoms with E-state index in [9.17, 15) is 4.79 Å². The molecule has 1 aromatic rings. The first-order valence-corrected chi connectivity index (χ1v) is 6.70. The normalized spacial score (nSPS) is 24.2. The van der Waals surface area contributed by atoms with Crippen LogP contribution >= 0.6 is 11.6 Å². The number of aromatic nitrogens is 1. The molecule has 0 saturated carbocycles. The molecular weight excluding hydrogens is 266 g/mol. The number of hydrogen-bond acceptors (Lipinski definition) is 4. The maximum Gasteiger partial charge on any atom is 0.239 e. The number of ether oxygens (including phenoxy) is 1. The van der Waals surface area contributed by atoms with Gasteiger partial charge in [0.25, 0.3) is 0 Å². The molecule has 104 valence electrons. The minimum absolute atomic E-state index is 0.0730. The van der Waals surface area contributed by atoms with Gasteiger partial charge >= 0.3 is 0 Å². The summed E-state index contributed by atoms with van der Waals surface area (Å²) in [6, 6.07) is 3.38. The van der Waals surface area contributed by atoms with Gasteiger partial charge in [-0.2, -0.15) is 0 Å². The average molecular weight is 284 g/mol. The van der Waals surface area contributed by atoms with Gasteiger partial charge in [-0.05, 0) is 26.0 Å². The van der Waals surface area contributed by atoms with E-state index in [0.29, 0.717) is 17.4 Å². The van der Waals surface area contributed by atoms with E-state index in [0.717, 1.165) is 13.1 Å². The van der Waals surface area contributed by atoms with E-state index in [4.69, 9.17) is 16.3 Å². The first kappa shape index (κ1) is 14.2. The number of nitrogens with zero attached hydrogens (tertiary/aromatic N) is 2. The largest absolute Gasteiger partial charge is 0.373 e. The van der Waals surface area contributed by atoms with E-state index in [1.54, 1.807) is 12.1 Å². The van der Waals surface area contributed by atoms with Crippen LogP contribution < -0.4 is 5.32 Å². The topological polar surface area (TPSA) is 54.5 Å². The van der Waals surface area contributed by atoms with Gasteiger partial charge in [0.15, 0.2) is 0 Å². The van der Waals surface area contributed by atoms with Crippen LogP contribution in [0.15, 0.2) is 18.3 Å². The maximum atomic E-state index is 11.9. The second-order valence-corrected chi connectivity index (χ2v) is 5.30. The fraction of sp³-hybridized carbons (Fsp3) is 0.538. The molecule has 0 bridgehead atoms. The lowest BCUT2D eigenvalue weighted by atomic mass is 10.2. The third-order valence-corrected chi connectivity index (χ3v) is 3.08. The molecule has 1 aromatic heterocycles. The number of nitrogens with one attached hydrogen (secondary N) is 1. The summed E-state index contributed by atoms with van der Waals surface area (Å²) in [6.07, 6.45) is 1.83. The Labute approximate surface area is 117 Å². The van der Waals surface area contributed by atoms with E-state index in [2.05, 4.69) is 15.2 Å². The zero-order valence-corrected chi connectivity index (χ0v) is 11.9. The standard InChI is InChI=1S/C13H18ClN3O2/c1-9-6-17(7-10(2)19-9)8-13(18)16-12-4-3-11(14)5-15-12/h3-5,9-10H,6-8H2,1-2H3,(H,15,16,18)/t9-,10+. The molecule has 0 aromatic carbocycles. The first-order valence-electron chi connectivity index (χ1n) is 6.32. The highest BCUT2D eigenvalue weighted by Gasteiger charge is 2.23. The molecule has 1 fully saturated rings. The number of halogens is 1. The summed E-state index contributed by atoms with van der Waals surface area (Å²) in [4.78, 5) is 18.0.